The Morgan fingerprint density at radius 2 is 2.10 bits per heavy atom. The molecular weight excluding hydrogens is 160 g/mol. The quantitative estimate of drug-likeness (QED) is 0.587. The van der Waals surface area contributed by atoms with Gasteiger partial charge >= 0.3 is 10.4 Å². The van der Waals surface area contributed by atoms with Gasteiger partial charge in [-0.1, -0.05) is 6.92 Å². The first-order valence-electron chi connectivity index (χ1n) is 2.59. The first kappa shape index (κ1) is 9.54. The number of ketones is 1. The monoisotopic (exact) mass is 168 g/mol. The second-order valence-corrected chi connectivity index (χ2v) is 2.67. The van der Waals surface area contributed by atoms with E-state index in [-0.39, 0.29) is 12.2 Å². The number of Topliss-reactive ketones (excluding diaryl/α,β-unsaturated/α-hetero) is 1. The van der Waals surface area contributed by atoms with Crippen LogP contribution in [0.5, 0.6) is 0 Å². The van der Waals surface area contributed by atoms with Crippen molar-refractivity contribution in [3.8, 4) is 0 Å². The summed E-state index contributed by atoms with van der Waals surface area (Å²) in [6.45, 7) is 0.977. The molecule has 5 nitrogen and oxygen atoms in total. The molecule has 1 N–H and O–H groups in total. The van der Waals surface area contributed by atoms with Crippen LogP contribution in [0.2, 0.25) is 0 Å². The molecule has 0 atom stereocenters. The number of rotatable bonds is 4. The Kier molecular flexibility index (Phi) is 3.48. The fraction of sp³-hybridized carbons (Fsp3) is 0.750. The van der Waals surface area contributed by atoms with Crippen molar-refractivity contribution >= 4 is 16.2 Å². The average Bonchev–Trinajstić information content (AvgIpc) is 1.81. The molecule has 0 amide bonds. The van der Waals surface area contributed by atoms with Crippen molar-refractivity contribution in [3.05, 3.63) is 0 Å². The summed E-state index contributed by atoms with van der Waals surface area (Å²) in [6.07, 6.45) is 0.190. The predicted molar refractivity (Wildman–Crippen MR) is 32.8 cm³/mol. The van der Waals surface area contributed by atoms with Crippen LogP contribution in [0.4, 0.5) is 0 Å². The lowest BCUT2D eigenvalue weighted by Gasteiger charge is -1.94. The predicted octanol–water partition coefficient (Wildman–Crippen LogP) is -0.215. The van der Waals surface area contributed by atoms with Crippen molar-refractivity contribution in [1.82, 2.24) is 0 Å². The van der Waals surface area contributed by atoms with E-state index in [1.54, 1.807) is 6.92 Å². The van der Waals surface area contributed by atoms with Crippen LogP contribution in [-0.2, 0) is 19.4 Å². The van der Waals surface area contributed by atoms with E-state index in [2.05, 4.69) is 4.18 Å². The van der Waals surface area contributed by atoms with Crippen molar-refractivity contribution in [3.63, 3.8) is 0 Å². The van der Waals surface area contributed by atoms with Gasteiger partial charge in [-0.25, -0.2) is 4.18 Å². The van der Waals surface area contributed by atoms with E-state index >= 15 is 0 Å². The van der Waals surface area contributed by atoms with Gasteiger partial charge in [-0.3, -0.25) is 9.35 Å². The van der Waals surface area contributed by atoms with E-state index in [0.717, 1.165) is 0 Å². The van der Waals surface area contributed by atoms with Gasteiger partial charge in [-0.2, -0.15) is 8.42 Å². The third kappa shape index (κ3) is 5.67. The van der Waals surface area contributed by atoms with Gasteiger partial charge in [0, 0.05) is 6.42 Å². The van der Waals surface area contributed by atoms with E-state index in [1.807, 2.05) is 0 Å². The Morgan fingerprint density at radius 3 is 2.40 bits per heavy atom. The third-order valence-corrected chi connectivity index (χ3v) is 1.18. The minimum absolute atomic E-state index is 0.190. The fourth-order valence-electron chi connectivity index (χ4n) is 0.242. The van der Waals surface area contributed by atoms with Crippen molar-refractivity contribution in [2.75, 3.05) is 6.61 Å². The topological polar surface area (TPSA) is 80.7 Å². The van der Waals surface area contributed by atoms with Crippen molar-refractivity contribution < 1.29 is 21.9 Å². The first-order chi connectivity index (χ1) is 4.45. The van der Waals surface area contributed by atoms with E-state index in [1.165, 1.54) is 0 Å². The smallest absolute Gasteiger partial charge is 0.297 e. The molecule has 0 radical (unpaired) electrons. The maximum atomic E-state index is 10.4. The minimum Gasteiger partial charge on any atom is -0.297 e. The molecule has 0 unspecified atom stereocenters. The lowest BCUT2D eigenvalue weighted by molar-refractivity contribution is -0.120. The molecule has 6 heteroatoms. The van der Waals surface area contributed by atoms with Crippen LogP contribution in [0.15, 0.2) is 0 Å². The standard InChI is InChI=1S/C4H8O5S/c1-2-4(5)3-9-10(6,7)8/h2-3H2,1H3,(H,6,7,8). The summed E-state index contributed by atoms with van der Waals surface area (Å²) in [5.74, 6) is -0.377. The zero-order chi connectivity index (χ0) is 8.20. The Labute approximate surface area is 58.9 Å². The zero-order valence-electron chi connectivity index (χ0n) is 5.40. The highest BCUT2D eigenvalue weighted by Crippen LogP contribution is 1.88. The van der Waals surface area contributed by atoms with Gasteiger partial charge in [0.2, 0.25) is 0 Å². The van der Waals surface area contributed by atoms with E-state index in [9.17, 15) is 13.2 Å². The summed E-state index contributed by atoms with van der Waals surface area (Å²) in [7, 11) is -4.45. The molecule has 0 spiro atoms. The Morgan fingerprint density at radius 1 is 1.60 bits per heavy atom. The van der Waals surface area contributed by atoms with E-state index in [0.29, 0.717) is 0 Å². The van der Waals surface area contributed by atoms with Crippen LogP contribution in [0, 0.1) is 0 Å². The summed E-state index contributed by atoms with van der Waals surface area (Å²) < 4.78 is 31.4. The minimum atomic E-state index is -4.45. The molecule has 0 saturated heterocycles. The molecule has 0 rings (SSSR count). The van der Waals surface area contributed by atoms with Crippen LogP contribution < -0.4 is 0 Å². The van der Waals surface area contributed by atoms with Crippen LogP contribution in [0.25, 0.3) is 0 Å². The summed E-state index contributed by atoms with van der Waals surface area (Å²) >= 11 is 0. The lowest BCUT2D eigenvalue weighted by atomic mass is 10.3. The van der Waals surface area contributed by atoms with Gasteiger partial charge in [-0.15, -0.1) is 0 Å². The van der Waals surface area contributed by atoms with Crippen LogP contribution in [0.1, 0.15) is 13.3 Å². The molecule has 0 fully saturated rings. The summed E-state index contributed by atoms with van der Waals surface area (Å²) in [5.41, 5.74) is 0. The Bertz CT molecular complexity index is 204. The second kappa shape index (κ2) is 3.65. The molecule has 0 aliphatic rings. The normalized spacial score (nSPS) is 11.4. The number of carbonyl (C=O) groups excluding carboxylic acids is 1. The van der Waals surface area contributed by atoms with Gasteiger partial charge in [0.1, 0.15) is 6.61 Å². The van der Waals surface area contributed by atoms with Crippen molar-refractivity contribution in [2.24, 2.45) is 0 Å². The maximum absolute atomic E-state index is 10.4. The van der Waals surface area contributed by atoms with Gasteiger partial charge < -0.3 is 0 Å². The fourth-order valence-corrected chi connectivity index (χ4v) is 0.523. The van der Waals surface area contributed by atoms with Crippen molar-refractivity contribution in [2.45, 2.75) is 13.3 Å². The molecule has 60 valence electrons. The molecule has 0 aromatic carbocycles. The summed E-state index contributed by atoms with van der Waals surface area (Å²) in [6, 6.07) is 0. The number of hydrogen-bond acceptors (Lipinski definition) is 4. The highest BCUT2D eigenvalue weighted by atomic mass is 32.3. The zero-order valence-corrected chi connectivity index (χ0v) is 6.22. The van der Waals surface area contributed by atoms with Crippen molar-refractivity contribution in [1.29, 1.82) is 0 Å². The molecule has 0 heterocycles. The molecule has 0 saturated carbocycles. The Balaban J connectivity index is 3.67. The molecule has 0 aromatic rings. The van der Waals surface area contributed by atoms with E-state index in [4.69, 9.17) is 4.55 Å². The Hall–Kier alpha value is -0.460. The van der Waals surface area contributed by atoms with Gasteiger partial charge in [-0.05, 0) is 0 Å². The lowest BCUT2D eigenvalue weighted by Crippen LogP contribution is -2.12. The molecule has 0 aromatic heterocycles. The second-order valence-electron chi connectivity index (χ2n) is 1.58. The van der Waals surface area contributed by atoms with Gasteiger partial charge in [0.15, 0.2) is 5.78 Å². The van der Waals surface area contributed by atoms with Gasteiger partial charge in [0.05, 0.1) is 0 Å². The maximum Gasteiger partial charge on any atom is 0.397 e. The molecule has 0 bridgehead atoms. The first-order valence-corrected chi connectivity index (χ1v) is 3.95. The van der Waals surface area contributed by atoms with Gasteiger partial charge in [0.25, 0.3) is 0 Å². The molecule has 10 heavy (non-hydrogen) atoms. The number of carbonyl (C=O) groups is 1. The molecule has 0 aliphatic heterocycles. The molecular formula is C4H8O5S. The average molecular weight is 168 g/mol. The van der Waals surface area contributed by atoms with Crippen LogP contribution in [0.3, 0.4) is 0 Å². The molecule has 0 aliphatic carbocycles. The third-order valence-electron chi connectivity index (χ3n) is 0.763. The van der Waals surface area contributed by atoms with Crippen LogP contribution >= 0.6 is 0 Å². The summed E-state index contributed by atoms with van der Waals surface area (Å²) in [5, 5.41) is 0. The number of hydrogen-bond donors (Lipinski definition) is 1. The highest BCUT2D eigenvalue weighted by Gasteiger charge is 2.06. The summed E-state index contributed by atoms with van der Waals surface area (Å²) in [4.78, 5) is 10.4. The largest absolute Gasteiger partial charge is 0.397 e. The highest BCUT2D eigenvalue weighted by molar-refractivity contribution is 7.80. The van der Waals surface area contributed by atoms with Crippen LogP contribution in [-0.4, -0.2) is 25.4 Å². The SMILES string of the molecule is CCC(=O)COS(=O)(=O)O. The van der Waals surface area contributed by atoms with E-state index < -0.39 is 17.0 Å².